The minimum atomic E-state index is -1.12. The molecule has 1 fully saturated rings. The molecular formula is C15H18INO3. The molecule has 0 bridgehead atoms. The van der Waals surface area contributed by atoms with Crippen molar-refractivity contribution in [3.05, 3.63) is 33.4 Å². The minimum Gasteiger partial charge on any atom is -0.480 e. The first kappa shape index (κ1) is 15.3. The quantitative estimate of drug-likeness (QED) is 0.784. The molecule has 2 N–H and O–H groups in total. The number of carboxylic acids is 1. The summed E-state index contributed by atoms with van der Waals surface area (Å²) < 4.78 is 0.826. The lowest BCUT2D eigenvalue weighted by atomic mass is 9.76. The highest BCUT2D eigenvalue weighted by Gasteiger charge is 2.43. The Bertz CT molecular complexity index is 532. The van der Waals surface area contributed by atoms with Crippen LogP contribution in [0.3, 0.4) is 0 Å². The third-order valence-corrected chi connectivity index (χ3v) is 4.82. The van der Waals surface area contributed by atoms with Gasteiger partial charge in [-0.05, 0) is 53.5 Å². The standard InChI is InChI=1S/C15H18INO3/c1-10-5-4-8-15(9-10,14(19)20)17-13(18)11-6-2-3-7-12(11)16/h2-3,6-7,10H,4-5,8-9H2,1H3,(H,17,18)(H,19,20). The first-order valence-electron chi connectivity index (χ1n) is 6.75. The molecule has 2 atom stereocenters. The van der Waals surface area contributed by atoms with Crippen LogP contribution in [0.2, 0.25) is 0 Å². The van der Waals surface area contributed by atoms with E-state index in [1.54, 1.807) is 12.1 Å². The van der Waals surface area contributed by atoms with Crippen molar-refractivity contribution in [1.29, 1.82) is 0 Å². The molecule has 0 saturated heterocycles. The first-order valence-corrected chi connectivity index (χ1v) is 7.83. The lowest BCUT2D eigenvalue weighted by Gasteiger charge is -2.37. The lowest BCUT2D eigenvalue weighted by molar-refractivity contribution is -0.146. The van der Waals surface area contributed by atoms with Crippen molar-refractivity contribution in [3.8, 4) is 0 Å². The predicted octanol–water partition coefficient (Wildman–Crippen LogP) is 3.05. The van der Waals surface area contributed by atoms with E-state index in [4.69, 9.17) is 0 Å². The second-order valence-corrected chi connectivity index (χ2v) is 6.68. The molecule has 1 amide bonds. The van der Waals surface area contributed by atoms with Crippen LogP contribution in [0.1, 0.15) is 43.0 Å². The Kier molecular flexibility index (Phi) is 4.67. The monoisotopic (exact) mass is 387 g/mol. The average molecular weight is 387 g/mol. The van der Waals surface area contributed by atoms with E-state index < -0.39 is 11.5 Å². The summed E-state index contributed by atoms with van der Waals surface area (Å²) in [4.78, 5) is 24.0. The molecule has 2 rings (SSSR count). The van der Waals surface area contributed by atoms with Crippen molar-refractivity contribution in [1.82, 2.24) is 5.32 Å². The van der Waals surface area contributed by atoms with Crippen LogP contribution in [0.4, 0.5) is 0 Å². The van der Waals surface area contributed by atoms with E-state index in [1.165, 1.54) is 0 Å². The van der Waals surface area contributed by atoms with Gasteiger partial charge < -0.3 is 10.4 Å². The van der Waals surface area contributed by atoms with E-state index in [2.05, 4.69) is 27.9 Å². The predicted molar refractivity (Wildman–Crippen MR) is 84.6 cm³/mol. The van der Waals surface area contributed by atoms with Crippen molar-refractivity contribution >= 4 is 34.5 Å². The summed E-state index contributed by atoms with van der Waals surface area (Å²) in [6.07, 6.45) is 2.85. The number of nitrogens with one attached hydrogen (secondary N) is 1. The molecule has 1 aliphatic rings. The molecule has 0 aliphatic heterocycles. The maximum absolute atomic E-state index is 12.4. The summed E-state index contributed by atoms with van der Waals surface area (Å²) in [5, 5.41) is 12.3. The van der Waals surface area contributed by atoms with Crippen molar-refractivity contribution in [2.75, 3.05) is 0 Å². The molecule has 1 saturated carbocycles. The number of rotatable bonds is 3. The molecule has 108 valence electrons. The molecule has 0 aromatic heterocycles. The van der Waals surface area contributed by atoms with E-state index >= 15 is 0 Å². The van der Waals surface area contributed by atoms with Gasteiger partial charge in [-0.15, -0.1) is 0 Å². The number of carbonyl (C=O) groups excluding carboxylic acids is 1. The Labute approximate surface area is 132 Å². The fourth-order valence-electron chi connectivity index (χ4n) is 2.84. The molecule has 0 spiro atoms. The summed E-state index contributed by atoms with van der Waals surface area (Å²) in [6, 6.07) is 7.20. The van der Waals surface area contributed by atoms with Gasteiger partial charge in [0.15, 0.2) is 0 Å². The number of hydrogen-bond donors (Lipinski definition) is 2. The van der Waals surface area contributed by atoms with Gasteiger partial charge in [-0.25, -0.2) is 4.79 Å². The van der Waals surface area contributed by atoms with Crippen LogP contribution < -0.4 is 5.32 Å². The van der Waals surface area contributed by atoms with Gasteiger partial charge >= 0.3 is 5.97 Å². The zero-order chi connectivity index (χ0) is 14.8. The maximum Gasteiger partial charge on any atom is 0.329 e. The van der Waals surface area contributed by atoms with Gasteiger partial charge in [-0.3, -0.25) is 4.79 Å². The van der Waals surface area contributed by atoms with Gasteiger partial charge in [0.1, 0.15) is 5.54 Å². The van der Waals surface area contributed by atoms with Crippen LogP contribution in [0, 0.1) is 9.49 Å². The molecule has 4 nitrogen and oxygen atoms in total. The summed E-state index contributed by atoms with van der Waals surface area (Å²) >= 11 is 2.09. The van der Waals surface area contributed by atoms with Crippen LogP contribution in [0.25, 0.3) is 0 Å². The molecule has 2 unspecified atom stereocenters. The molecule has 1 aromatic rings. The third-order valence-electron chi connectivity index (χ3n) is 3.88. The van der Waals surface area contributed by atoms with Gasteiger partial charge in [0.2, 0.25) is 0 Å². The molecule has 1 aliphatic carbocycles. The van der Waals surface area contributed by atoms with E-state index in [9.17, 15) is 14.7 Å². The average Bonchev–Trinajstić information content (AvgIpc) is 2.38. The Morgan fingerprint density at radius 3 is 2.70 bits per heavy atom. The van der Waals surface area contributed by atoms with E-state index in [1.807, 2.05) is 19.1 Å². The SMILES string of the molecule is CC1CCCC(NC(=O)c2ccccc2I)(C(=O)O)C1. The van der Waals surface area contributed by atoms with Crippen molar-refractivity contribution < 1.29 is 14.7 Å². The number of halogens is 1. The molecule has 0 heterocycles. The normalized spacial score (nSPS) is 26.0. The first-order chi connectivity index (χ1) is 9.44. The fourth-order valence-corrected chi connectivity index (χ4v) is 3.47. The third kappa shape index (κ3) is 3.13. The van der Waals surface area contributed by atoms with Crippen molar-refractivity contribution in [2.24, 2.45) is 5.92 Å². The Morgan fingerprint density at radius 1 is 1.40 bits per heavy atom. The van der Waals surface area contributed by atoms with Crippen molar-refractivity contribution in [3.63, 3.8) is 0 Å². The lowest BCUT2D eigenvalue weighted by Crippen LogP contribution is -2.56. The van der Waals surface area contributed by atoms with E-state index in [-0.39, 0.29) is 5.91 Å². The number of amides is 1. The van der Waals surface area contributed by atoms with Crippen LogP contribution >= 0.6 is 22.6 Å². The van der Waals surface area contributed by atoms with Crippen LogP contribution in [-0.4, -0.2) is 22.5 Å². The number of benzene rings is 1. The highest BCUT2D eigenvalue weighted by molar-refractivity contribution is 14.1. The molecule has 0 radical (unpaired) electrons. The highest BCUT2D eigenvalue weighted by Crippen LogP contribution is 2.33. The number of aliphatic carboxylic acids is 1. The highest BCUT2D eigenvalue weighted by atomic mass is 127. The zero-order valence-corrected chi connectivity index (χ0v) is 13.5. The van der Waals surface area contributed by atoms with Crippen LogP contribution in [0.5, 0.6) is 0 Å². The second kappa shape index (κ2) is 6.11. The Balaban J connectivity index is 2.23. The van der Waals surface area contributed by atoms with Gasteiger partial charge in [0.25, 0.3) is 5.91 Å². The zero-order valence-electron chi connectivity index (χ0n) is 11.4. The van der Waals surface area contributed by atoms with E-state index in [0.29, 0.717) is 24.3 Å². The molecule has 20 heavy (non-hydrogen) atoms. The number of hydrogen-bond acceptors (Lipinski definition) is 2. The maximum atomic E-state index is 12.4. The Hall–Kier alpha value is -1.11. The minimum absolute atomic E-state index is 0.300. The van der Waals surface area contributed by atoms with Gasteiger partial charge in [-0.1, -0.05) is 31.9 Å². The van der Waals surface area contributed by atoms with Gasteiger partial charge in [0.05, 0.1) is 5.56 Å². The molecular weight excluding hydrogens is 369 g/mol. The van der Waals surface area contributed by atoms with Gasteiger partial charge in [-0.2, -0.15) is 0 Å². The summed E-state index contributed by atoms with van der Waals surface area (Å²) in [6.45, 7) is 2.04. The summed E-state index contributed by atoms with van der Waals surface area (Å²) in [5.74, 6) is -0.912. The second-order valence-electron chi connectivity index (χ2n) is 5.52. The van der Waals surface area contributed by atoms with Gasteiger partial charge in [0, 0.05) is 3.57 Å². The van der Waals surface area contributed by atoms with Crippen molar-refractivity contribution in [2.45, 2.75) is 38.1 Å². The Morgan fingerprint density at radius 2 is 2.10 bits per heavy atom. The number of carboxylic acid groups (broad SMARTS) is 1. The summed E-state index contributed by atoms with van der Waals surface area (Å²) in [7, 11) is 0. The summed E-state index contributed by atoms with van der Waals surface area (Å²) in [5.41, 5.74) is -0.583. The smallest absolute Gasteiger partial charge is 0.329 e. The van der Waals surface area contributed by atoms with E-state index in [0.717, 1.165) is 16.4 Å². The fraction of sp³-hybridized carbons (Fsp3) is 0.467. The molecule has 5 heteroatoms. The van der Waals surface area contributed by atoms with Crippen LogP contribution in [-0.2, 0) is 4.79 Å². The van der Waals surface area contributed by atoms with Crippen LogP contribution in [0.15, 0.2) is 24.3 Å². The number of carbonyl (C=O) groups is 2. The topological polar surface area (TPSA) is 66.4 Å². The largest absolute Gasteiger partial charge is 0.480 e. The molecule has 1 aromatic carbocycles.